The van der Waals surface area contributed by atoms with Gasteiger partial charge in [0, 0.05) is 6.42 Å². The molecular formula is C22H25FO4. The van der Waals surface area contributed by atoms with E-state index in [9.17, 15) is 19.7 Å². The highest BCUT2D eigenvalue weighted by Crippen LogP contribution is 2.48. The monoisotopic (exact) mass is 372 g/mol. The zero-order chi connectivity index (χ0) is 19.3. The summed E-state index contributed by atoms with van der Waals surface area (Å²) in [5, 5.41) is 31.0. The molecule has 3 N–H and O–H groups in total. The molecule has 0 aromatic heterocycles. The van der Waals surface area contributed by atoms with E-state index in [0.717, 1.165) is 22.3 Å². The van der Waals surface area contributed by atoms with Crippen LogP contribution >= 0.6 is 0 Å². The van der Waals surface area contributed by atoms with E-state index in [0.29, 0.717) is 24.8 Å². The average Bonchev–Trinajstić information content (AvgIpc) is 2.99. The van der Waals surface area contributed by atoms with Crippen LogP contribution in [0, 0.1) is 12.7 Å². The Morgan fingerprint density at radius 3 is 2.52 bits per heavy atom. The lowest BCUT2D eigenvalue weighted by atomic mass is 9.80. The van der Waals surface area contributed by atoms with Crippen LogP contribution in [-0.2, 0) is 23.2 Å². The van der Waals surface area contributed by atoms with Gasteiger partial charge in [-0.05, 0) is 61.1 Å². The Kier molecular flexibility index (Phi) is 4.59. The molecule has 0 bridgehead atoms. The van der Waals surface area contributed by atoms with Gasteiger partial charge in [0.1, 0.15) is 29.7 Å². The number of ether oxygens (including phenoxy) is 1. The van der Waals surface area contributed by atoms with Crippen molar-refractivity contribution in [3.63, 3.8) is 0 Å². The fourth-order valence-electron chi connectivity index (χ4n) is 4.42. The summed E-state index contributed by atoms with van der Waals surface area (Å²) >= 11 is 0. The van der Waals surface area contributed by atoms with Crippen molar-refractivity contribution in [3.8, 4) is 0 Å². The zero-order valence-electron chi connectivity index (χ0n) is 15.5. The number of hydrogen-bond donors (Lipinski definition) is 3. The molecule has 2 aliphatic rings. The van der Waals surface area contributed by atoms with E-state index in [4.69, 9.17) is 4.74 Å². The number of halogens is 1. The molecule has 144 valence electrons. The van der Waals surface area contributed by atoms with E-state index < -0.39 is 30.0 Å². The van der Waals surface area contributed by atoms with Crippen LogP contribution in [0.15, 0.2) is 36.4 Å². The summed E-state index contributed by atoms with van der Waals surface area (Å²) in [5.41, 5.74) is 3.07. The fraction of sp³-hybridized carbons (Fsp3) is 0.455. The SMILES string of the molecule is Cc1ccc(Cc2cc3c(cc2F)CC[C@]32O[C@H](C)[C@@H](O)[C@H](O)[C@H]2O)cc1. The Hall–Kier alpha value is -1.79. The molecule has 27 heavy (non-hydrogen) atoms. The lowest BCUT2D eigenvalue weighted by molar-refractivity contribution is -0.268. The number of rotatable bonds is 2. The smallest absolute Gasteiger partial charge is 0.127 e. The first kappa shape index (κ1) is 18.6. The van der Waals surface area contributed by atoms with E-state index >= 15 is 0 Å². The van der Waals surface area contributed by atoms with E-state index in [1.54, 1.807) is 13.0 Å². The second-order valence-corrected chi connectivity index (χ2v) is 7.90. The normalized spacial score (nSPS) is 32.7. The van der Waals surface area contributed by atoms with Gasteiger partial charge in [-0.2, -0.15) is 0 Å². The van der Waals surface area contributed by atoms with Gasteiger partial charge in [0.15, 0.2) is 0 Å². The molecule has 0 amide bonds. The van der Waals surface area contributed by atoms with Crippen molar-refractivity contribution in [2.75, 3.05) is 0 Å². The minimum Gasteiger partial charge on any atom is -0.388 e. The summed E-state index contributed by atoms with van der Waals surface area (Å²) in [4.78, 5) is 0. The Morgan fingerprint density at radius 1 is 1.11 bits per heavy atom. The third-order valence-electron chi connectivity index (χ3n) is 6.04. The second-order valence-electron chi connectivity index (χ2n) is 7.90. The highest BCUT2D eigenvalue weighted by atomic mass is 19.1. The van der Waals surface area contributed by atoms with Crippen molar-refractivity contribution in [2.24, 2.45) is 0 Å². The Bertz CT molecular complexity index is 850. The van der Waals surface area contributed by atoms with Gasteiger partial charge in [0.2, 0.25) is 0 Å². The van der Waals surface area contributed by atoms with Crippen LogP contribution in [0.25, 0.3) is 0 Å². The molecular weight excluding hydrogens is 347 g/mol. The topological polar surface area (TPSA) is 69.9 Å². The standard InChI is InChI=1S/C22H25FO4/c1-12-3-5-14(6-4-12)9-16-10-17-15(11-18(16)23)7-8-22(17)21(26)20(25)19(24)13(2)27-22/h3-6,10-11,13,19-21,24-26H,7-9H2,1-2H3/t13-,19-,20+,21-,22+/m1/s1. The Labute approximate surface area is 158 Å². The quantitative estimate of drug-likeness (QED) is 0.757. The molecule has 0 saturated carbocycles. The van der Waals surface area contributed by atoms with Crippen molar-refractivity contribution in [2.45, 2.75) is 63.1 Å². The molecule has 1 aliphatic carbocycles. The van der Waals surface area contributed by atoms with Crippen molar-refractivity contribution < 1.29 is 24.4 Å². The van der Waals surface area contributed by atoms with Gasteiger partial charge in [-0.1, -0.05) is 29.8 Å². The summed E-state index contributed by atoms with van der Waals surface area (Å²) in [7, 11) is 0. The number of benzene rings is 2. The predicted molar refractivity (Wildman–Crippen MR) is 99.0 cm³/mol. The van der Waals surface area contributed by atoms with Crippen molar-refractivity contribution in [1.82, 2.24) is 0 Å². The number of fused-ring (bicyclic) bond motifs is 2. The van der Waals surface area contributed by atoms with Gasteiger partial charge in [-0.25, -0.2) is 4.39 Å². The van der Waals surface area contributed by atoms with Crippen molar-refractivity contribution in [3.05, 3.63) is 70.0 Å². The van der Waals surface area contributed by atoms with Gasteiger partial charge >= 0.3 is 0 Å². The molecule has 1 saturated heterocycles. The van der Waals surface area contributed by atoms with Crippen molar-refractivity contribution in [1.29, 1.82) is 0 Å². The van der Waals surface area contributed by atoms with Crippen LogP contribution in [0.5, 0.6) is 0 Å². The summed E-state index contributed by atoms with van der Waals surface area (Å²) in [6, 6.07) is 11.2. The Balaban J connectivity index is 1.73. The molecule has 0 radical (unpaired) electrons. The van der Waals surface area contributed by atoms with Crippen LogP contribution in [-0.4, -0.2) is 39.7 Å². The maximum absolute atomic E-state index is 14.7. The highest BCUT2D eigenvalue weighted by molar-refractivity contribution is 5.44. The molecule has 5 heteroatoms. The molecule has 1 heterocycles. The fourth-order valence-corrected chi connectivity index (χ4v) is 4.42. The average molecular weight is 372 g/mol. The molecule has 1 spiro atoms. The lowest BCUT2D eigenvalue weighted by Gasteiger charge is -2.47. The van der Waals surface area contributed by atoms with Crippen LogP contribution in [0.2, 0.25) is 0 Å². The molecule has 4 rings (SSSR count). The first-order chi connectivity index (χ1) is 12.8. The van der Waals surface area contributed by atoms with Crippen LogP contribution < -0.4 is 0 Å². The molecule has 1 fully saturated rings. The van der Waals surface area contributed by atoms with E-state index in [1.807, 2.05) is 31.2 Å². The third-order valence-corrected chi connectivity index (χ3v) is 6.04. The predicted octanol–water partition coefficient (Wildman–Crippen LogP) is 2.37. The minimum atomic E-state index is -1.30. The first-order valence-electron chi connectivity index (χ1n) is 9.41. The van der Waals surface area contributed by atoms with E-state index in [2.05, 4.69) is 0 Å². The summed E-state index contributed by atoms with van der Waals surface area (Å²) < 4.78 is 20.7. The molecule has 5 atom stereocenters. The maximum Gasteiger partial charge on any atom is 0.127 e. The zero-order valence-corrected chi connectivity index (χ0v) is 15.5. The third kappa shape index (κ3) is 2.99. The second kappa shape index (κ2) is 6.67. The van der Waals surface area contributed by atoms with E-state index in [-0.39, 0.29) is 5.82 Å². The molecule has 2 aromatic carbocycles. The summed E-state index contributed by atoms with van der Waals surface area (Å²) in [6.45, 7) is 3.68. The van der Waals surface area contributed by atoms with E-state index in [1.165, 1.54) is 6.07 Å². The largest absolute Gasteiger partial charge is 0.388 e. The summed E-state index contributed by atoms with van der Waals surface area (Å²) in [6.07, 6.45) is -2.89. The van der Waals surface area contributed by atoms with Gasteiger partial charge < -0.3 is 20.1 Å². The summed E-state index contributed by atoms with van der Waals surface area (Å²) in [5.74, 6) is -0.273. The minimum absolute atomic E-state index is 0.273. The number of aliphatic hydroxyl groups is 3. The van der Waals surface area contributed by atoms with Crippen LogP contribution in [0.4, 0.5) is 4.39 Å². The number of aliphatic hydroxyl groups excluding tert-OH is 3. The van der Waals surface area contributed by atoms with Gasteiger partial charge in [0.25, 0.3) is 0 Å². The maximum atomic E-state index is 14.7. The molecule has 4 nitrogen and oxygen atoms in total. The van der Waals surface area contributed by atoms with Gasteiger partial charge in [0.05, 0.1) is 6.10 Å². The molecule has 2 aromatic rings. The molecule has 1 aliphatic heterocycles. The lowest BCUT2D eigenvalue weighted by Crippen LogP contribution is -2.61. The van der Waals surface area contributed by atoms with Gasteiger partial charge in [-0.3, -0.25) is 0 Å². The van der Waals surface area contributed by atoms with Crippen LogP contribution in [0.1, 0.15) is 41.2 Å². The Morgan fingerprint density at radius 2 is 1.81 bits per heavy atom. The number of hydrogen-bond acceptors (Lipinski definition) is 4. The highest BCUT2D eigenvalue weighted by Gasteiger charge is 2.55. The van der Waals surface area contributed by atoms with Crippen LogP contribution in [0.3, 0.4) is 0 Å². The van der Waals surface area contributed by atoms with Crippen molar-refractivity contribution >= 4 is 0 Å². The molecule has 0 unspecified atom stereocenters. The first-order valence-corrected chi connectivity index (χ1v) is 9.41. The van der Waals surface area contributed by atoms with Gasteiger partial charge in [-0.15, -0.1) is 0 Å². The number of aryl methyl sites for hydroxylation is 2.